The monoisotopic (exact) mass is 410 g/mol. The van der Waals surface area contributed by atoms with E-state index >= 15 is 0 Å². The zero-order valence-electron chi connectivity index (χ0n) is 16.1. The fourth-order valence-corrected chi connectivity index (χ4v) is 7.36. The maximum absolute atomic E-state index is 14.4. The van der Waals surface area contributed by atoms with Crippen LogP contribution in [0.4, 0.5) is 22.0 Å². The fourth-order valence-electron chi connectivity index (χ4n) is 7.36. The van der Waals surface area contributed by atoms with Crippen LogP contribution < -0.4 is 0 Å². The number of aliphatic hydroxyl groups is 1. The summed E-state index contributed by atoms with van der Waals surface area (Å²) in [5, 5.41) is 10.8. The Bertz CT molecular complexity index is 679. The maximum atomic E-state index is 14.4. The van der Waals surface area contributed by atoms with Crippen molar-refractivity contribution in [2.75, 3.05) is 6.61 Å². The molecule has 1 N–H and O–H groups in total. The molecule has 3 nitrogen and oxygen atoms in total. The van der Waals surface area contributed by atoms with E-state index < -0.39 is 29.5 Å². The van der Waals surface area contributed by atoms with Gasteiger partial charge in [-0.15, -0.1) is 0 Å². The molecule has 28 heavy (non-hydrogen) atoms. The van der Waals surface area contributed by atoms with Gasteiger partial charge in [0.2, 0.25) is 0 Å². The topological polar surface area (TPSA) is 46.5 Å². The van der Waals surface area contributed by atoms with Crippen molar-refractivity contribution < 1.29 is 36.6 Å². The molecule has 4 rings (SSSR count). The number of hydrogen-bond donors (Lipinski definition) is 1. The lowest BCUT2D eigenvalue weighted by Gasteiger charge is -2.60. The molecule has 1 heterocycles. The van der Waals surface area contributed by atoms with Gasteiger partial charge in [-0.05, 0) is 62.2 Å². The van der Waals surface area contributed by atoms with Crippen molar-refractivity contribution in [3.05, 3.63) is 0 Å². The van der Waals surface area contributed by atoms with Crippen molar-refractivity contribution in [1.29, 1.82) is 0 Å². The van der Waals surface area contributed by atoms with Gasteiger partial charge in [0.25, 0.3) is 0 Å². The van der Waals surface area contributed by atoms with Crippen LogP contribution in [0, 0.1) is 34.5 Å². The van der Waals surface area contributed by atoms with Gasteiger partial charge in [-0.3, -0.25) is 4.79 Å². The number of cyclic esters (lactones) is 1. The first-order chi connectivity index (χ1) is 12.8. The number of esters is 1. The Kier molecular flexibility index (Phi) is 4.23. The number of fused-ring (bicyclic) bond motifs is 5. The standard InChI is InChI=1S/C20H27F5O3/c1-16-10-28-15(26)9-11(16)3-4-12-13(16)5-7-17(2)14(12)6-8-18(17,27)19(21,22)20(23,24)25/h11-14,27H,3-10H2,1-2H3/t11-,12+,13-,14-,16-,17-,18-/m0/s1. The Morgan fingerprint density at radius 1 is 1.00 bits per heavy atom. The number of halogens is 5. The van der Waals surface area contributed by atoms with Crippen molar-refractivity contribution in [2.24, 2.45) is 34.5 Å². The third-order valence-electron chi connectivity index (χ3n) is 9.05. The molecule has 0 bridgehead atoms. The molecule has 0 unspecified atom stereocenters. The highest BCUT2D eigenvalue weighted by Crippen LogP contribution is 2.70. The Morgan fingerprint density at radius 2 is 1.64 bits per heavy atom. The smallest absolute Gasteiger partial charge is 0.456 e. The molecule has 1 aliphatic heterocycles. The lowest BCUT2D eigenvalue weighted by Crippen LogP contribution is -2.66. The highest BCUT2D eigenvalue weighted by Gasteiger charge is 2.79. The van der Waals surface area contributed by atoms with Crippen molar-refractivity contribution in [2.45, 2.75) is 76.5 Å². The molecule has 3 saturated carbocycles. The Morgan fingerprint density at radius 3 is 2.29 bits per heavy atom. The van der Waals surface area contributed by atoms with Crippen LogP contribution in [0.15, 0.2) is 0 Å². The summed E-state index contributed by atoms with van der Waals surface area (Å²) in [5.41, 5.74) is -4.84. The predicted molar refractivity (Wildman–Crippen MR) is 89.4 cm³/mol. The first kappa shape index (κ1) is 20.4. The van der Waals surface area contributed by atoms with E-state index in [9.17, 15) is 31.9 Å². The predicted octanol–water partition coefficient (Wildman–Crippen LogP) is 4.72. The van der Waals surface area contributed by atoms with Crippen molar-refractivity contribution >= 4 is 5.97 Å². The summed E-state index contributed by atoms with van der Waals surface area (Å²) in [4.78, 5) is 11.7. The van der Waals surface area contributed by atoms with Gasteiger partial charge < -0.3 is 9.84 Å². The van der Waals surface area contributed by atoms with Crippen LogP contribution in [0.2, 0.25) is 0 Å². The molecule has 0 amide bonds. The number of hydrogen-bond acceptors (Lipinski definition) is 3. The largest absolute Gasteiger partial charge is 0.465 e. The van der Waals surface area contributed by atoms with E-state index in [0.29, 0.717) is 19.3 Å². The molecule has 4 fully saturated rings. The highest BCUT2D eigenvalue weighted by atomic mass is 19.4. The van der Waals surface area contributed by atoms with Crippen LogP contribution in [-0.2, 0) is 9.53 Å². The van der Waals surface area contributed by atoms with Gasteiger partial charge >= 0.3 is 18.1 Å². The van der Waals surface area contributed by atoms with Gasteiger partial charge in [-0.25, -0.2) is 0 Å². The molecule has 0 spiro atoms. The van der Waals surface area contributed by atoms with E-state index in [2.05, 4.69) is 6.92 Å². The van der Waals surface area contributed by atoms with Gasteiger partial charge in [0.1, 0.15) is 5.60 Å². The molecule has 4 aliphatic rings. The fraction of sp³-hybridized carbons (Fsp3) is 0.950. The van der Waals surface area contributed by atoms with Crippen LogP contribution >= 0.6 is 0 Å². The number of carbonyl (C=O) groups excluding carboxylic acids is 1. The summed E-state index contributed by atoms with van der Waals surface area (Å²) in [6.07, 6.45) is -3.77. The summed E-state index contributed by atoms with van der Waals surface area (Å²) < 4.78 is 73.6. The summed E-state index contributed by atoms with van der Waals surface area (Å²) in [7, 11) is 0. The first-order valence-corrected chi connectivity index (χ1v) is 10.1. The molecule has 0 aromatic rings. The van der Waals surface area contributed by atoms with Crippen molar-refractivity contribution in [1.82, 2.24) is 0 Å². The van der Waals surface area contributed by atoms with Crippen LogP contribution in [0.3, 0.4) is 0 Å². The van der Waals surface area contributed by atoms with Crippen molar-refractivity contribution in [3.8, 4) is 0 Å². The van der Waals surface area contributed by atoms with Gasteiger partial charge in [-0.1, -0.05) is 13.8 Å². The summed E-state index contributed by atoms with van der Waals surface area (Å²) in [6, 6.07) is 0. The summed E-state index contributed by atoms with van der Waals surface area (Å²) in [5.74, 6) is -5.51. The molecule has 3 aliphatic carbocycles. The maximum Gasteiger partial charge on any atom is 0.456 e. The number of ether oxygens (including phenoxy) is 1. The highest BCUT2D eigenvalue weighted by molar-refractivity contribution is 5.70. The third kappa shape index (κ3) is 2.33. The van der Waals surface area contributed by atoms with Crippen LogP contribution in [-0.4, -0.2) is 35.4 Å². The van der Waals surface area contributed by atoms with Gasteiger partial charge in [0.15, 0.2) is 0 Å². The first-order valence-electron chi connectivity index (χ1n) is 10.1. The average Bonchev–Trinajstić information content (AvgIpc) is 2.87. The minimum atomic E-state index is -5.78. The second kappa shape index (κ2) is 5.82. The summed E-state index contributed by atoms with van der Waals surface area (Å²) in [6.45, 7) is 3.77. The minimum absolute atomic E-state index is 0.0325. The molecule has 0 radical (unpaired) electrons. The van der Waals surface area contributed by atoms with E-state index in [1.54, 1.807) is 0 Å². The van der Waals surface area contributed by atoms with E-state index in [0.717, 1.165) is 6.42 Å². The molecule has 8 heteroatoms. The normalized spacial score (nSPS) is 49.1. The lowest BCUT2D eigenvalue weighted by molar-refractivity contribution is -0.364. The van der Waals surface area contributed by atoms with Crippen LogP contribution in [0.5, 0.6) is 0 Å². The molecule has 7 atom stereocenters. The molecule has 0 aromatic heterocycles. The SMILES string of the molecule is C[C@]12COC(=O)C[C@@H]1CC[C@@H]1[C@@H]2CC[C@@]2(C)[C@H]1CC[C@@]2(O)C(F)(F)C(F)(F)F. The van der Waals surface area contributed by atoms with E-state index in [1.165, 1.54) is 6.92 Å². The molecular weight excluding hydrogens is 383 g/mol. The van der Waals surface area contributed by atoms with Gasteiger partial charge in [0.05, 0.1) is 6.61 Å². The zero-order chi connectivity index (χ0) is 20.8. The molecular formula is C20H27F5O3. The molecule has 1 saturated heterocycles. The van der Waals surface area contributed by atoms with Crippen LogP contribution in [0.1, 0.15) is 58.8 Å². The van der Waals surface area contributed by atoms with Gasteiger partial charge in [0, 0.05) is 17.3 Å². The Hall–Kier alpha value is -0.920. The van der Waals surface area contributed by atoms with Gasteiger partial charge in [-0.2, -0.15) is 22.0 Å². The Labute approximate surface area is 161 Å². The lowest BCUT2D eigenvalue weighted by atomic mass is 9.46. The second-order valence-electron chi connectivity index (χ2n) is 9.95. The van der Waals surface area contributed by atoms with Crippen molar-refractivity contribution in [3.63, 3.8) is 0 Å². The quantitative estimate of drug-likeness (QED) is 0.503. The van der Waals surface area contributed by atoms with E-state index in [-0.39, 0.29) is 54.5 Å². The Balaban J connectivity index is 1.67. The molecule has 160 valence electrons. The van der Waals surface area contributed by atoms with Crippen LogP contribution in [0.25, 0.3) is 0 Å². The van der Waals surface area contributed by atoms with E-state index in [4.69, 9.17) is 4.74 Å². The second-order valence-corrected chi connectivity index (χ2v) is 9.95. The summed E-state index contributed by atoms with van der Waals surface area (Å²) >= 11 is 0. The average molecular weight is 410 g/mol. The van der Waals surface area contributed by atoms with E-state index in [1.807, 2.05) is 0 Å². The minimum Gasteiger partial charge on any atom is -0.465 e. The zero-order valence-corrected chi connectivity index (χ0v) is 16.1. The number of rotatable bonds is 1. The number of carbonyl (C=O) groups is 1. The molecule has 0 aromatic carbocycles. The number of alkyl halides is 5. The third-order valence-corrected chi connectivity index (χ3v) is 9.05.